The minimum atomic E-state index is -0.913. The van der Waals surface area contributed by atoms with Crippen molar-refractivity contribution in [1.82, 2.24) is 0 Å². The van der Waals surface area contributed by atoms with Gasteiger partial charge in [-0.05, 0) is 12.8 Å². The summed E-state index contributed by atoms with van der Waals surface area (Å²) in [5.74, 6) is -1.83. The summed E-state index contributed by atoms with van der Waals surface area (Å²) in [7, 11) is 0. The lowest BCUT2D eigenvalue weighted by Gasteiger charge is -2.36. The Labute approximate surface area is 127 Å². The van der Waals surface area contributed by atoms with Gasteiger partial charge in [0.05, 0.1) is 32.5 Å². The molecule has 0 aliphatic carbocycles. The molecule has 0 saturated carbocycles. The van der Waals surface area contributed by atoms with E-state index in [-0.39, 0.29) is 37.1 Å². The molecule has 6 heteroatoms. The molecule has 0 atom stereocenters. The van der Waals surface area contributed by atoms with Gasteiger partial charge in [0.2, 0.25) is 0 Å². The maximum atomic E-state index is 10.7. The number of rotatable bonds is 14. The summed E-state index contributed by atoms with van der Waals surface area (Å²) in [6.07, 6.45) is 6.58. The maximum absolute atomic E-state index is 10.7. The predicted octanol–water partition coefficient (Wildman–Crippen LogP) is 2.06. The summed E-state index contributed by atoms with van der Waals surface area (Å²) in [4.78, 5) is 21.5. The second-order valence-corrected chi connectivity index (χ2v) is 5.71. The van der Waals surface area contributed by atoms with E-state index in [4.69, 9.17) is 10.2 Å². The van der Waals surface area contributed by atoms with Crippen LogP contribution in [0.1, 0.15) is 58.3 Å². The summed E-state index contributed by atoms with van der Waals surface area (Å²) >= 11 is 0. The first-order chi connectivity index (χ1) is 9.95. The third-order valence-corrected chi connectivity index (χ3v) is 3.89. The fraction of sp³-hybridized carbons (Fsp3) is 0.867. The van der Waals surface area contributed by atoms with Gasteiger partial charge in [-0.15, -0.1) is 0 Å². The Morgan fingerprint density at radius 1 is 0.810 bits per heavy atom. The molecule has 0 aromatic carbocycles. The molecule has 6 nitrogen and oxygen atoms in total. The van der Waals surface area contributed by atoms with Crippen molar-refractivity contribution in [2.75, 3.05) is 26.4 Å². The highest BCUT2D eigenvalue weighted by atomic mass is 16.4. The molecule has 0 saturated heterocycles. The van der Waals surface area contributed by atoms with Crippen LogP contribution in [0.25, 0.3) is 0 Å². The van der Waals surface area contributed by atoms with Gasteiger partial charge in [-0.1, -0.05) is 32.6 Å². The zero-order valence-electron chi connectivity index (χ0n) is 13.1. The fourth-order valence-electron chi connectivity index (χ4n) is 2.44. The number of nitrogens with zero attached hydrogens (tertiary/aromatic N) is 1. The van der Waals surface area contributed by atoms with Crippen LogP contribution in [0.15, 0.2) is 0 Å². The SMILES string of the molecule is CCCCCCCC[N+](CO)(CCC(=O)O)CCC(=O)O. The van der Waals surface area contributed by atoms with Crippen LogP contribution in [0.5, 0.6) is 0 Å². The first-order valence-corrected chi connectivity index (χ1v) is 7.85. The highest BCUT2D eigenvalue weighted by Gasteiger charge is 2.27. The molecule has 3 N–H and O–H groups in total. The van der Waals surface area contributed by atoms with E-state index in [1.165, 1.54) is 19.3 Å². The van der Waals surface area contributed by atoms with Crippen molar-refractivity contribution in [2.24, 2.45) is 0 Å². The number of aliphatic hydroxyl groups is 1. The third-order valence-electron chi connectivity index (χ3n) is 3.89. The number of carboxylic acids is 2. The monoisotopic (exact) mass is 304 g/mol. The van der Waals surface area contributed by atoms with Crippen molar-refractivity contribution in [2.45, 2.75) is 58.3 Å². The summed E-state index contributed by atoms with van der Waals surface area (Å²) in [5, 5.41) is 27.3. The first-order valence-electron chi connectivity index (χ1n) is 7.85. The third kappa shape index (κ3) is 10.3. The van der Waals surface area contributed by atoms with Gasteiger partial charge in [-0.3, -0.25) is 9.59 Å². The normalized spacial score (nSPS) is 11.5. The van der Waals surface area contributed by atoms with Gasteiger partial charge in [0.25, 0.3) is 0 Å². The lowest BCUT2D eigenvalue weighted by molar-refractivity contribution is -0.944. The topological polar surface area (TPSA) is 94.8 Å². The number of unbranched alkanes of at least 4 members (excludes halogenated alkanes) is 5. The van der Waals surface area contributed by atoms with Crippen molar-refractivity contribution >= 4 is 11.9 Å². The zero-order chi connectivity index (χ0) is 16.1. The number of carbonyl (C=O) groups is 2. The quantitative estimate of drug-likeness (QED) is 0.259. The number of quaternary nitrogens is 1. The largest absolute Gasteiger partial charge is 0.481 e. The summed E-state index contributed by atoms with van der Waals surface area (Å²) in [5.41, 5.74) is 0. The molecule has 0 aromatic heterocycles. The first kappa shape index (κ1) is 19.9. The molecule has 0 fully saturated rings. The van der Waals surface area contributed by atoms with Gasteiger partial charge in [-0.25, -0.2) is 0 Å². The Kier molecular flexibility index (Phi) is 10.9. The van der Waals surface area contributed by atoms with Crippen LogP contribution < -0.4 is 0 Å². The lowest BCUT2D eigenvalue weighted by Crippen LogP contribution is -2.51. The van der Waals surface area contributed by atoms with Gasteiger partial charge in [0.15, 0.2) is 6.73 Å². The van der Waals surface area contributed by atoms with Crippen LogP contribution >= 0.6 is 0 Å². The van der Waals surface area contributed by atoms with Crippen molar-refractivity contribution < 1.29 is 29.4 Å². The molecule has 0 aliphatic heterocycles. The molecule has 0 aliphatic rings. The average molecular weight is 304 g/mol. The van der Waals surface area contributed by atoms with Crippen LogP contribution in [0.3, 0.4) is 0 Å². The summed E-state index contributed by atoms with van der Waals surface area (Å²) < 4.78 is 0.173. The van der Waals surface area contributed by atoms with Crippen LogP contribution in [0.4, 0.5) is 0 Å². The van der Waals surface area contributed by atoms with Crippen molar-refractivity contribution in [3.63, 3.8) is 0 Å². The lowest BCUT2D eigenvalue weighted by atomic mass is 10.1. The molecule has 21 heavy (non-hydrogen) atoms. The Morgan fingerprint density at radius 3 is 1.71 bits per heavy atom. The van der Waals surface area contributed by atoms with E-state index in [1.54, 1.807) is 0 Å². The van der Waals surface area contributed by atoms with E-state index in [2.05, 4.69) is 6.92 Å². The van der Waals surface area contributed by atoms with E-state index in [9.17, 15) is 14.7 Å². The molecular formula is C15H30NO5+. The zero-order valence-corrected chi connectivity index (χ0v) is 13.1. The van der Waals surface area contributed by atoms with E-state index in [0.717, 1.165) is 19.3 Å². The second-order valence-electron chi connectivity index (χ2n) is 5.71. The van der Waals surface area contributed by atoms with E-state index >= 15 is 0 Å². The molecule has 0 amide bonds. The van der Waals surface area contributed by atoms with Crippen LogP contribution in [-0.4, -0.2) is 58.1 Å². The standard InChI is InChI=1S/C15H29NO5/c1-2-3-4-5-6-7-10-16(13-17,11-8-14(18)19)12-9-15(20)21/h17H,2-13H2,1H3,(H-,18,19,20,21)/p+1. The predicted molar refractivity (Wildman–Crippen MR) is 79.8 cm³/mol. The molecule has 124 valence electrons. The van der Waals surface area contributed by atoms with Crippen molar-refractivity contribution in [3.8, 4) is 0 Å². The second kappa shape index (κ2) is 11.5. The fourth-order valence-corrected chi connectivity index (χ4v) is 2.44. The van der Waals surface area contributed by atoms with Crippen LogP contribution in [0.2, 0.25) is 0 Å². The Hall–Kier alpha value is -1.14. The molecule has 0 rings (SSSR count). The summed E-state index contributed by atoms with van der Waals surface area (Å²) in [6, 6.07) is 0. The number of aliphatic hydroxyl groups excluding tert-OH is 1. The molecule has 0 bridgehead atoms. The van der Waals surface area contributed by atoms with E-state index in [0.29, 0.717) is 6.54 Å². The molecule has 0 unspecified atom stereocenters. The number of hydrogen-bond donors (Lipinski definition) is 3. The van der Waals surface area contributed by atoms with Crippen molar-refractivity contribution in [3.05, 3.63) is 0 Å². The Balaban J connectivity index is 4.32. The van der Waals surface area contributed by atoms with Crippen LogP contribution in [-0.2, 0) is 9.59 Å². The summed E-state index contributed by atoms with van der Waals surface area (Å²) in [6.45, 7) is 3.17. The minimum absolute atomic E-state index is 0.0456. The molecular weight excluding hydrogens is 274 g/mol. The molecule has 0 aromatic rings. The molecule has 0 radical (unpaired) electrons. The molecule has 0 spiro atoms. The smallest absolute Gasteiger partial charge is 0.309 e. The highest BCUT2D eigenvalue weighted by molar-refractivity contribution is 5.67. The van der Waals surface area contributed by atoms with Gasteiger partial charge in [0.1, 0.15) is 0 Å². The number of aliphatic carboxylic acids is 2. The van der Waals surface area contributed by atoms with Crippen LogP contribution in [0, 0.1) is 0 Å². The van der Waals surface area contributed by atoms with E-state index < -0.39 is 11.9 Å². The van der Waals surface area contributed by atoms with Crippen molar-refractivity contribution in [1.29, 1.82) is 0 Å². The number of carboxylic acid groups (broad SMARTS) is 2. The average Bonchev–Trinajstić information content (AvgIpc) is 2.45. The van der Waals surface area contributed by atoms with Gasteiger partial charge >= 0.3 is 11.9 Å². The Morgan fingerprint density at radius 2 is 1.29 bits per heavy atom. The molecule has 0 heterocycles. The Bertz CT molecular complexity index is 288. The van der Waals surface area contributed by atoms with Gasteiger partial charge in [-0.2, -0.15) is 0 Å². The number of hydrogen-bond acceptors (Lipinski definition) is 3. The highest BCUT2D eigenvalue weighted by Crippen LogP contribution is 2.14. The van der Waals surface area contributed by atoms with Gasteiger partial charge in [0, 0.05) is 0 Å². The maximum Gasteiger partial charge on any atom is 0.309 e. The minimum Gasteiger partial charge on any atom is -0.481 e. The van der Waals surface area contributed by atoms with E-state index in [1.807, 2.05) is 0 Å². The van der Waals surface area contributed by atoms with Gasteiger partial charge < -0.3 is 19.8 Å².